The van der Waals surface area contributed by atoms with E-state index in [0.29, 0.717) is 17.7 Å². The zero-order valence-electron chi connectivity index (χ0n) is 13.0. The van der Waals surface area contributed by atoms with Crippen molar-refractivity contribution in [3.63, 3.8) is 0 Å². The van der Waals surface area contributed by atoms with Crippen molar-refractivity contribution in [3.05, 3.63) is 89.5 Å². The lowest BCUT2D eigenvalue weighted by atomic mass is 10.0. The predicted molar refractivity (Wildman–Crippen MR) is 93.4 cm³/mol. The quantitative estimate of drug-likeness (QED) is 0.626. The van der Waals surface area contributed by atoms with Gasteiger partial charge < -0.3 is 4.74 Å². The van der Waals surface area contributed by atoms with Gasteiger partial charge in [-0.05, 0) is 47.0 Å². The Morgan fingerprint density at radius 1 is 0.708 bits per heavy atom. The van der Waals surface area contributed by atoms with Crippen LogP contribution in [0.15, 0.2) is 72.8 Å². The molecule has 3 heteroatoms. The van der Waals surface area contributed by atoms with Crippen molar-refractivity contribution in [3.8, 4) is 16.9 Å². The molecule has 3 aromatic carbocycles. The first kappa shape index (κ1) is 15.7. The highest BCUT2D eigenvalue weighted by Crippen LogP contribution is 2.24. The molecule has 0 atom stereocenters. The molecule has 0 amide bonds. The van der Waals surface area contributed by atoms with Crippen LogP contribution in [-0.4, -0.2) is 12.6 Å². The maximum atomic E-state index is 11.0. The van der Waals surface area contributed by atoms with Crippen LogP contribution in [0.1, 0.15) is 26.3 Å². The highest BCUT2D eigenvalue weighted by Gasteiger charge is 2.04. The van der Waals surface area contributed by atoms with Gasteiger partial charge in [-0.15, -0.1) is 0 Å². The highest BCUT2D eigenvalue weighted by atomic mass is 16.5. The first-order valence-electron chi connectivity index (χ1n) is 7.61. The van der Waals surface area contributed by atoms with Gasteiger partial charge in [0.25, 0.3) is 0 Å². The third kappa shape index (κ3) is 3.76. The van der Waals surface area contributed by atoms with Crippen molar-refractivity contribution in [1.29, 1.82) is 0 Å². The molecule has 0 aliphatic rings. The summed E-state index contributed by atoms with van der Waals surface area (Å²) in [4.78, 5) is 22.0. The zero-order chi connectivity index (χ0) is 16.8. The molecule has 118 valence electrons. The van der Waals surface area contributed by atoms with E-state index in [1.54, 1.807) is 18.2 Å². The van der Waals surface area contributed by atoms with E-state index in [4.69, 9.17) is 4.74 Å². The lowest BCUT2D eigenvalue weighted by Crippen LogP contribution is -1.94. The molecular weight excluding hydrogens is 300 g/mol. The topological polar surface area (TPSA) is 43.4 Å². The van der Waals surface area contributed by atoms with E-state index in [-0.39, 0.29) is 0 Å². The summed E-state index contributed by atoms with van der Waals surface area (Å²) in [7, 11) is 0. The minimum atomic E-state index is 0.485. The van der Waals surface area contributed by atoms with Crippen LogP contribution >= 0.6 is 0 Å². The van der Waals surface area contributed by atoms with E-state index in [1.807, 2.05) is 54.6 Å². The van der Waals surface area contributed by atoms with Crippen molar-refractivity contribution < 1.29 is 14.3 Å². The second kappa shape index (κ2) is 7.38. The maximum Gasteiger partial charge on any atom is 0.150 e. The summed E-state index contributed by atoms with van der Waals surface area (Å²) in [5.41, 5.74) is 3.83. The van der Waals surface area contributed by atoms with Gasteiger partial charge in [-0.25, -0.2) is 0 Å². The normalized spacial score (nSPS) is 10.2. The summed E-state index contributed by atoms with van der Waals surface area (Å²) in [6.07, 6.45) is 1.49. The third-order valence-electron chi connectivity index (χ3n) is 3.69. The van der Waals surface area contributed by atoms with Gasteiger partial charge >= 0.3 is 0 Å². The van der Waals surface area contributed by atoms with Gasteiger partial charge in [0.05, 0.1) is 0 Å². The van der Waals surface area contributed by atoms with Crippen LogP contribution < -0.4 is 4.74 Å². The molecule has 0 aromatic heterocycles. The second-order valence-electron chi connectivity index (χ2n) is 5.42. The standard InChI is InChI=1S/C21H16O3/c22-13-17-10-18(14-23)12-20(11-17)19-6-8-21(9-7-19)24-15-16-4-2-1-3-5-16/h1-14H,15H2. The summed E-state index contributed by atoms with van der Waals surface area (Å²) < 4.78 is 5.76. The van der Waals surface area contributed by atoms with Crippen LogP contribution in [0.25, 0.3) is 11.1 Å². The van der Waals surface area contributed by atoms with E-state index in [0.717, 1.165) is 35.0 Å². The third-order valence-corrected chi connectivity index (χ3v) is 3.69. The van der Waals surface area contributed by atoms with E-state index >= 15 is 0 Å². The van der Waals surface area contributed by atoms with E-state index in [2.05, 4.69) is 0 Å². The van der Waals surface area contributed by atoms with Crippen LogP contribution in [0.5, 0.6) is 5.75 Å². The number of hydrogen-bond acceptors (Lipinski definition) is 3. The Bertz CT molecular complexity index is 810. The van der Waals surface area contributed by atoms with E-state index in [1.165, 1.54) is 0 Å². The van der Waals surface area contributed by atoms with Crippen molar-refractivity contribution in [2.75, 3.05) is 0 Å². The summed E-state index contributed by atoms with van der Waals surface area (Å²) >= 11 is 0. The molecule has 3 rings (SSSR count). The minimum Gasteiger partial charge on any atom is -0.489 e. The minimum absolute atomic E-state index is 0.485. The monoisotopic (exact) mass is 316 g/mol. The Labute approximate surface area is 140 Å². The fourth-order valence-electron chi connectivity index (χ4n) is 2.46. The fourth-order valence-corrected chi connectivity index (χ4v) is 2.46. The molecule has 0 aliphatic heterocycles. The average molecular weight is 316 g/mol. The number of hydrogen-bond donors (Lipinski definition) is 0. The molecule has 0 fully saturated rings. The lowest BCUT2D eigenvalue weighted by Gasteiger charge is -2.08. The molecule has 0 saturated carbocycles. The van der Waals surface area contributed by atoms with Gasteiger partial charge in [0.1, 0.15) is 24.9 Å². The molecule has 0 heterocycles. The van der Waals surface area contributed by atoms with Crippen LogP contribution in [0.3, 0.4) is 0 Å². The fraction of sp³-hybridized carbons (Fsp3) is 0.0476. The SMILES string of the molecule is O=Cc1cc(C=O)cc(-c2ccc(OCc3ccccc3)cc2)c1. The Kier molecular flexibility index (Phi) is 4.82. The Morgan fingerprint density at radius 2 is 1.33 bits per heavy atom. The molecule has 0 aliphatic carbocycles. The van der Waals surface area contributed by atoms with Crippen molar-refractivity contribution >= 4 is 12.6 Å². The van der Waals surface area contributed by atoms with Crippen molar-refractivity contribution in [1.82, 2.24) is 0 Å². The molecular formula is C21H16O3. The molecule has 3 aromatic rings. The number of benzene rings is 3. The smallest absolute Gasteiger partial charge is 0.150 e. The van der Waals surface area contributed by atoms with Crippen LogP contribution in [0, 0.1) is 0 Å². The van der Waals surface area contributed by atoms with Gasteiger partial charge in [0.15, 0.2) is 0 Å². The Morgan fingerprint density at radius 3 is 1.92 bits per heavy atom. The number of rotatable bonds is 6. The maximum absolute atomic E-state index is 11.0. The van der Waals surface area contributed by atoms with E-state index in [9.17, 15) is 9.59 Å². The van der Waals surface area contributed by atoms with Gasteiger partial charge in [-0.1, -0.05) is 42.5 Å². The molecule has 0 saturated heterocycles. The van der Waals surface area contributed by atoms with Crippen LogP contribution in [0.4, 0.5) is 0 Å². The number of ether oxygens (including phenoxy) is 1. The summed E-state index contributed by atoms with van der Waals surface area (Å²) in [5.74, 6) is 0.768. The van der Waals surface area contributed by atoms with Crippen LogP contribution in [0.2, 0.25) is 0 Å². The molecule has 0 spiro atoms. The van der Waals surface area contributed by atoms with Crippen LogP contribution in [-0.2, 0) is 6.61 Å². The number of aldehydes is 2. The largest absolute Gasteiger partial charge is 0.489 e. The van der Waals surface area contributed by atoms with E-state index < -0.39 is 0 Å². The summed E-state index contributed by atoms with van der Waals surface area (Å²) in [6.45, 7) is 0.510. The predicted octanol–water partition coefficient (Wildman–Crippen LogP) is 4.56. The first-order chi connectivity index (χ1) is 11.8. The zero-order valence-corrected chi connectivity index (χ0v) is 13.0. The van der Waals surface area contributed by atoms with Gasteiger partial charge in [0.2, 0.25) is 0 Å². The molecule has 0 radical (unpaired) electrons. The Hall–Kier alpha value is -3.20. The summed E-state index contributed by atoms with van der Waals surface area (Å²) in [5, 5.41) is 0. The number of carbonyl (C=O) groups is 2. The van der Waals surface area contributed by atoms with Gasteiger partial charge in [-0.2, -0.15) is 0 Å². The van der Waals surface area contributed by atoms with Gasteiger partial charge in [0, 0.05) is 11.1 Å². The molecule has 3 nitrogen and oxygen atoms in total. The van der Waals surface area contributed by atoms with Crippen molar-refractivity contribution in [2.24, 2.45) is 0 Å². The molecule has 0 bridgehead atoms. The molecule has 0 unspecified atom stereocenters. The van der Waals surface area contributed by atoms with Gasteiger partial charge in [-0.3, -0.25) is 9.59 Å². The molecule has 0 N–H and O–H groups in total. The lowest BCUT2D eigenvalue weighted by molar-refractivity contribution is 0.112. The Balaban J connectivity index is 1.77. The highest BCUT2D eigenvalue weighted by molar-refractivity contribution is 5.86. The summed E-state index contributed by atoms with van der Waals surface area (Å²) in [6, 6.07) is 22.6. The number of carbonyl (C=O) groups excluding carboxylic acids is 2. The van der Waals surface area contributed by atoms with Crippen molar-refractivity contribution in [2.45, 2.75) is 6.61 Å². The first-order valence-corrected chi connectivity index (χ1v) is 7.61. The molecule has 24 heavy (non-hydrogen) atoms. The second-order valence-corrected chi connectivity index (χ2v) is 5.42. The average Bonchev–Trinajstić information content (AvgIpc) is 2.67.